The van der Waals surface area contributed by atoms with Gasteiger partial charge in [0.1, 0.15) is 5.82 Å². The highest BCUT2D eigenvalue weighted by molar-refractivity contribution is 5.97. The lowest BCUT2D eigenvalue weighted by Gasteiger charge is -2.49. The summed E-state index contributed by atoms with van der Waals surface area (Å²) >= 11 is 0. The number of amides is 2. The molecule has 1 N–H and O–H groups in total. The molecule has 2 aromatic rings. The average molecular weight is 405 g/mol. The number of pyridine rings is 2. The molecule has 2 aromatic heterocycles. The molecule has 0 unspecified atom stereocenters. The molecule has 6 nitrogen and oxygen atoms in total. The van der Waals surface area contributed by atoms with Crippen molar-refractivity contribution in [1.29, 1.82) is 0 Å². The Morgan fingerprint density at radius 1 is 1.07 bits per heavy atom. The van der Waals surface area contributed by atoms with Gasteiger partial charge in [-0.3, -0.25) is 14.6 Å². The third-order valence-corrected chi connectivity index (χ3v) is 7.11. The van der Waals surface area contributed by atoms with Gasteiger partial charge in [0.2, 0.25) is 5.91 Å². The summed E-state index contributed by atoms with van der Waals surface area (Å²) in [6.07, 6.45) is 10.3. The normalized spacial score (nSPS) is 24.7. The number of aromatic nitrogens is 2. The van der Waals surface area contributed by atoms with Crippen LogP contribution in [0, 0.1) is 24.7 Å². The Morgan fingerprint density at radius 3 is 2.57 bits per heavy atom. The molecule has 2 bridgehead atoms. The summed E-state index contributed by atoms with van der Waals surface area (Å²) in [5.74, 6) is 2.30. The Labute approximate surface area is 177 Å². The number of carbonyl (C=O) groups is 2. The average Bonchev–Trinajstić information content (AvgIpc) is 3.58. The van der Waals surface area contributed by atoms with E-state index in [0.29, 0.717) is 23.3 Å². The van der Waals surface area contributed by atoms with Crippen LogP contribution in [0.1, 0.15) is 54.6 Å². The molecule has 4 saturated carbocycles. The van der Waals surface area contributed by atoms with Crippen LogP contribution in [0.3, 0.4) is 0 Å². The summed E-state index contributed by atoms with van der Waals surface area (Å²) in [5, 5.41) is 2.89. The van der Waals surface area contributed by atoms with Crippen LogP contribution in [0.2, 0.25) is 0 Å². The summed E-state index contributed by atoms with van der Waals surface area (Å²) in [4.78, 5) is 36.1. The van der Waals surface area contributed by atoms with Crippen LogP contribution in [0.5, 0.6) is 0 Å². The minimum Gasteiger partial charge on any atom is -0.338 e. The molecule has 0 spiro atoms. The van der Waals surface area contributed by atoms with Crippen molar-refractivity contribution in [1.82, 2.24) is 14.9 Å². The Bertz CT molecular complexity index is 992. The Balaban J connectivity index is 1.38. The first-order chi connectivity index (χ1) is 14.5. The number of fused-ring (bicyclic) bond motifs is 2. The van der Waals surface area contributed by atoms with Gasteiger partial charge in [0.05, 0.1) is 11.3 Å². The minimum atomic E-state index is 0.0323. The van der Waals surface area contributed by atoms with E-state index in [9.17, 15) is 9.59 Å². The van der Waals surface area contributed by atoms with Gasteiger partial charge in [-0.25, -0.2) is 4.98 Å². The number of anilines is 1. The quantitative estimate of drug-likeness (QED) is 0.815. The zero-order valence-electron chi connectivity index (χ0n) is 17.6. The maximum atomic E-state index is 13.3. The fraction of sp³-hybridized carbons (Fsp3) is 0.500. The molecular weight excluding hydrogens is 376 g/mol. The van der Waals surface area contributed by atoms with E-state index in [4.69, 9.17) is 0 Å². The van der Waals surface area contributed by atoms with Gasteiger partial charge in [0, 0.05) is 37.0 Å². The van der Waals surface area contributed by atoms with E-state index >= 15 is 0 Å². The van der Waals surface area contributed by atoms with Gasteiger partial charge < -0.3 is 10.2 Å². The van der Waals surface area contributed by atoms with Gasteiger partial charge in [-0.2, -0.15) is 0 Å². The number of rotatable bonds is 5. The van der Waals surface area contributed by atoms with Crippen molar-refractivity contribution in [3.63, 3.8) is 0 Å². The molecule has 30 heavy (non-hydrogen) atoms. The monoisotopic (exact) mass is 404 g/mol. The summed E-state index contributed by atoms with van der Waals surface area (Å²) in [6.45, 7) is 1.89. The largest absolute Gasteiger partial charge is 0.338 e. The third kappa shape index (κ3) is 3.59. The predicted molar refractivity (Wildman–Crippen MR) is 115 cm³/mol. The highest BCUT2D eigenvalue weighted by atomic mass is 16.2. The lowest BCUT2D eigenvalue weighted by Crippen LogP contribution is -2.50. The van der Waals surface area contributed by atoms with Crippen LogP contribution in [0.4, 0.5) is 5.82 Å². The molecule has 4 aliphatic rings. The molecule has 0 radical (unpaired) electrons. The highest BCUT2D eigenvalue weighted by Crippen LogP contribution is 2.47. The first kappa shape index (κ1) is 19.2. The van der Waals surface area contributed by atoms with Crippen LogP contribution in [0.15, 0.2) is 30.6 Å². The van der Waals surface area contributed by atoms with Crippen molar-refractivity contribution in [3.8, 4) is 11.1 Å². The fourth-order valence-electron chi connectivity index (χ4n) is 4.99. The van der Waals surface area contributed by atoms with Crippen molar-refractivity contribution in [3.05, 3.63) is 41.9 Å². The molecule has 4 fully saturated rings. The third-order valence-electron chi connectivity index (χ3n) is 7.11. The predicted octanol–water partition coefficient (Wildman–Crippen LogP) is 4.06. The van der Waals surface area contributed by atoms with E-state index in [2.05, 4.69) is 15.3 Å². The van der Waals surface area contributed by atoms with E-state index in [-0.39, 0.29) is 17.7 Å². The summed E-state index contributed by atoms with van der Waals surface area (Å²) in [5.41, 5.74) is 3.14. The van der Waals surface area contributed by atoms with E-state index in [1.54, 1.807) is 12.4 Å². The van der Waals surface area contributed by atoms with E-state index < -0.39 is 0 Å². The van der Waals surface area contributed by atoms with Gasteiger partial charge in [0.25, 0.3) is 5.91 Å². The molecule has 0 aromatic carbocycles. The Kier molecular flexibility index (Phi) is 4.80. The summed E-state index contributed by atoms with van der Waals surface area (Å²) < 4.78 is 0. The molecule has 6 heteroatoms. The van der Waals surface area contributed by atoms with Crippen LogP contribution in [-0.4, -0.2) is 39.8 Å². The molecule has 0 aliphatic heterocycles. The summed E-state index contributed by atoms with van der Waals surface area (Å²) in [7, 11) is 1.94. The zero-order valence-corrected chi connectivity index (χ0v) is 17.6. The van der Waals surface area contributed by atoms with Crippen LogP contribution in [0.25, 0.3) is 11.1 Å². The fourth-order valence-corrected chi connectivity index (χ4v) is 4.99. The smallest absolute Gasteiger partial charge is 0.255 e. The number of hydrogen-bond donors (Lipinski definition) is 1. The number of nitrogens with one attached hydrogen (secondary N) is 1. The maximum absolute atomic E-state index is 13.3. The van der Waals surface area contributed by atoms with Gasteiger partial charge in [-0.15, -0.1) is 0 Å². The topological polar surface area (TPSA) is 75.2 Å². The molecule has 1 atom stereocenters. The van der Waals surface area contributed by atoms with Crippen molar-refractivity contribution < 1.29 is 9.59 Å². The molecule has 4 aliphatic carbocycles. The second kappa shape index (κ2) is 7.49. The van der Waals surface area contributed by atoms with Gasteiger partial charge in [-0.1, -0.05) is 0 Å². The van der Waals surface area contributed by atoms with Crippen molar-refractivity contribution in [2.24, 2.45) is 17.8 Å². The van der Waals surface area contributed by atoms with E-state index in [1.807, 2.05) is 37.1 Å². The first-order valence-electron chi connectivity index (χ1n) is 11.0. The number of hydrogen-bond acceptors (Lipinski definition) is 4. The van der Waals surface area contributed by atoms with E-state index in [0.717, 1.165) is 42.0 Å². The van der Waals surface area contributed by atoms with Crippen molar-refractivity contribution >= 4 is 17.6 Å². The highest BCUT2D eigenvalue weighted by Gasteiger charge is 2.42. The second-order valence-corrected chi connectivity index (χ2v) is 9.21. The molecule has 2 amide bonds. The summed E-state index contributed by atoms with van der Waals surface area (Å²) in [6, 6.07) is 6.00. The molecular formula is C24H28N4O2. The Morgan fingerprint density at radius 2 is 1.87 bits per heavy atom. The lowest BCUT2D eigenvalue weighted by molar-refractivity contribution is -0.117. The maximum Gasteiger partial charge on any atom is 0.255 e. The van der Waals surface area contributed by atoms with Gasteiger partial charge in [-0.05, 0) is 81.0 Å². The van der Waals surface area contributed by atoms with Crippen LogP contribution >= 0.6 is 0 Å². The van der Waals surface area contributed by atoms with Crippen LogP contribution < -0.4 is 5.32 Å². The van der Waals surface area contributed by atoms with Gasteiger partial charge >= 0.3 is 0 Å². The number of carbonyl (C=O) groups excluding carboxylic acids is 2. The number of aryl methyl sites for hydroxylation is 1. The van der Waals surface area contributed by atoms with Gasteiger partial charge in [0.15, 0.2) is 0 Å². The molecule has 156 valence electrons. The Hall–Kier alpha value is -2.76. The van der Waals surface area contributed by atoms with Crippen LogP contribution in [-0.2, 0) is 4.79 Å². The molecule has 2 heterocycles. The molecule has 6 rings (SSSR count). The number of nitrogens with zero attached hydrogens (tertiary/aromatic N) is 3. The zero-order chi connectivity index (χ0) is 20.8. The van der Waals surface area contributed by atoms with Crippen molar-refractivity contribution in [2.45, 2.75) is 51.5 Å². The standard InChI is InChI=1S/C24H28N4O2/c1-14-20(24(30)28(2)21-6-3-15-9-18(21)10-15)11-19(13-26-14)17-7-8-25-22(12-17)27-23(29)16-4-5-16/h7-8,11-13,15-16,18,21H,3-6,9-10H2,1-2H3,(H,25,27,29)/t15?,18?,21-/m1/s1. The second-order valence-electron chi connectivity index (χ2n) is 9.21. The van der Waals surface area contributed by atoms with E-state index in [1.165, 1.54) is 19.3 Å². The lowest BCUT2D eigenvalue weighted by atomic mass is 9.62. The van der Waals surface area contributed by atoms with Crippen molar-refractivity contribution in [2.75, 3.05) is 12.4 Å². The SMILES string of the molecule is Cc1ncc(-c2ccnc(NC(=O)C3CC3)c2)cc1C(=O)N(C)[C@@H]1CCC2CC1C2. The first-order valence-corrected chi connectivity index (χ1v) is 11.0. The minimum absolute atomic E-state index is 0.0323. The molecule has 0 saturated heterocycles.